The Kier molecular flexibility index (Phi) is 5.63. The lowest BCUT2D eigenvalue weighted by molar-refractivity contribution is -0.170. The first-order valence-corrected chi connectivity index (χ1v) is 12.2. The van der Waals surface area contributed by atoms with Gasteiger partial charge in [-0.2, -0.15) is 0 Å². The van der Waals surface area contributed by atoms with Gasteiger partial charge in [0.05, 0.1) is 23.5 Å². The number of rotatable bonds is 7. The Hall–Kier alpha value is -2.26. The molecule has 1 saturated heterocycles. The molecule has 5 rings (SSSR count). The normalized spacial score (nSPS) is 32.8. The number of esters is 1. The number of hydrogen-bond donors (Lipinski definition) is 3. The van der Waals surface area contributed by atoms with E-state index < -0.39 is 35.1 Å². The van der Waals surface area contributed by atoms with E-state index in [9.17, 15) is 24.9 Å². The number of Topliss-reactive ketones (excluding diaryl/α,β-unsaturated/α-hetero) is 1. The second-order valence-electron chi connectivity index (χ2n) is 10.3. The van der Waals surface area contributed by atoms with Gasteiger partial charge in [0.1, 0.15) is 17.6 Å². The Labute approximate surface area is 199 Å². The number of piperidine rings is 1. The highest BCUT2D eigenvalue weighted by molar-refractivity contribution is 5.87. The van der Waals surface area contributed by atoms with Gasteiger partial charge in [0.2, 0.25) is 0 Å². The van der Waals surface area contributed by atoms with Gasteiger partial charge < -0.3 is 29.7 Å². The molecule has 3 N–H and O–H groups in total. The summed E-state index contributed by atoms with van der Waals surface area (Å²) in [5, 5.41) is 31.9. The average molecular weight is 472 g/mol. The lowest BCUT2D eigenvalue weighted by Crippen LogP contribution is -2.74. The zero-order valence-corrected chi connectivity index (χ0v) is 19.9. The minimum Gasteiger partial charge on any atom is -0.481 e. The van der Waals surface area contributed by atoms with Crippen LogP contribution in [0.15, 0.2) is 24.0 Å². The Morgan fingerprint density at radius 2 is 2.12 bits per heavy atom. The van der Waals surface area contributed by atoms with Crippen molar-refractivity contribution >= 4 is 11.8 Å². The summed E-state index contributed by atoms with van der Waals surface area (Å²) in [5.41, 5.74) is 0.808. The molecule has 2 bridgehead atoms. The summed E-state index contributed by atoms with van der Waals surface area (Å²) >= 11 is 0. The molecule has 34 heavy (non-hydrogen) atoms. The highest BCUT2D eigenvalue weighted by atomic mass is 16.6. The first-order valence-electron chi connectivity index (χ1n) is 12.2. The van der Waals surface area contributed by atoms with Crippen LogP contribution in [0.5, 0.6) is 5.75 Å². The number of nitrogens with zero attached hydrogens (tertiary/aromatic N) is 1. The van der Waals surface area contributed by atoms with Crippen LogP contribution in [-0.4, -0.2) is 69.4 Å². The van der Waals surface area contributed by atoms with Crippen molar-refractivity contribution in [3.63, 3.8) is 0 Å². The number of carbonyl (C=O) groups excluding carboxylic acids is 2. The van der Waals surface area contributed by atoms with Crippen LogP contribution in [0.4, 0.5) is 0 Å². The molecule has 0 saturated carbocycles. The molecule has 8 heteroatoms. The van der Waals surface area contributed by atoms with Crippen molar-refractivity contribution < 1.29 is 34.4 Å². The number of carbonyl (C=O) groups is 2. The van der Waals surface area contributed by atoms with E-state index in [0.717, 1.165) is 17.7 Å². The first-order chi connectivity index (χ1) is 16.2. The van der Waals surface area contributed by atoms with Crippen LogP contribution in [0, 0.1) is 5.92 Å². The first kappa shape index (κ1) is 23.5. The molecule has 4 aliphatic rings. The van der Waals surface area contributed by atoms with Crippen molar-refractivity contribution in [1.82, 2.24) is 4.90 Å². The van der Waals surface area contributed by atoms with Crippen LogP contribution in [0.2, 0.25) is 0 Å². The second kappa shape index (κ2) is 8.16. The predicted molar refractivity (Wildman–Crippen MR) is 122 cm³/mol. The maximum atomic E-state index is 12.9. The summed E-state index contributed by atoms with van der Waals surface area (Å²) in [7, 11) is 2.02. The van der Waals surface area contributed by atoms with Gasteiger partial charge in [0, 0.05) is 30.0 Å². The van der Waals surface area contributed by atoms with Crippen LogP contribution in [0.25, 0.3) is 0 Å². The number of ketones is 1. The second-order valence-corrected chi connectivity index (χ2v) is 10.3. The number of aliphatic hydroxyl groups is 3. The van der Waals surface area contributed by atoms with Crippen molar-refractivity contribution in [2.75, 3.05) is 13.6 Å². The summed E-state index contributed by atoms with van der Waals surface area (Å²) in [6.07, 6.45) is 1.78. The fraction of sp³-hybridized carbons (Fsp3) is 0.615. The van der Waals surface area contributed by atoms with Gasteiger partial charge in [0.25, 0.3) is 0 Å². The van der Waals surface area contributed by atoms with E-state index in [0.29, 0.717) is 42.8 Å². The van der Waals surface area contributed by atoms with Crippen LogP contribution in [-0.2, 0) is 32.8 Å². The highest BCUT2D eigenvalue weighted by Crippen LogP contribution is 2.64. The van der Waals surface area contributed by atoms with Gasteiger partial charge >= 0.3 is 5.97 Å². The third-order valence-electron chi connectivity index (χ3n) is 8.51. The molecule has 6 atom stereocenters. The molecule has 1 aromatic rings. The quantitative estimate of drug-likeness (QED) is 0.511. The number of likely N-dealkylation sites (N-methyl/N-ethyl adjacent to an activating group) is 1. The summed E-state index contributed by atoms with van der Waals surface area (Å²) in [4.78, 5) is 27.3. The van der Waals surface area contributed by atoms with Crippen molar-refractivity contribution in [3.8, 4) is 5.75 Å². The largest absolute Gasteiger partial charge is 0.481 e. The number of likely N-dealkylation sites (tertiary alicyclic amines) is 1. The molecule has 184 valence electrons. The lowest BCUT2D eigenvalue weighted by Gasteiger charge is -2.61. The zero-order valence-electron chi connectivity index (χ0n) is 19.9. The van der Waals surface area contributed by atoms with E-state index >= 15 is 0 Å². The van der Waals surface area contributed by atoms with E-state index in [1.54, 1.807) is 19.9 Å². The van der Waals surface area contributed by atoms with Crippen molar-refractivity contribution in [3.05, 3.63) is 40.7 Å². The maximum Gasteiger partial charge on any atom is 0.314 e. The Bertz CT molecular complexity index is 1070. The molecule has 2 aliphatic carbocycles. The zero-order chi connectivity index (χ0) is 24.4. The fourth-order valence-electron chi connectivity index (χ4n) is 6.60. The van der Waals surface area contributed by atoms with Gasteiger partial charge in [0.15, 0.2) is 11.9 Å². The third kappa shape index (κ3) is 3.05. The smallest absolute Gasteiger partial charge is 0.314 e. The van der Waals surface area contributed by atoms with Crippen molar-refractivity contribution in [2.24, 2.45) is 5.92 Å². The average Bonchev–Trinajstić information content (AvgIpc) is 3.18. The van der Waals surface area contributed by atoms with E-state index in [-0.39, 0.29) is 24.9 Å². The molecule has 2 aliphatic heterocycles. The number of benzene rings is 1. The summed E-state index contributed by atoms with van der Waals surface area (Å²) in [6.45, 7) is 3.89. The monoisotopic (exact) mass is 471 g/mol. The lowest BCUT2D eigenvalue weighted by atomic mass is 9.50. The topological polar surface area (TPSA) is 117 Å². The molecule has 2 heterocycles. The molecular weight excluding hydrogens is 438 g/mol. The molecule has 1 fully saturated rings. The Balaban J connectivity index is 1.51. The van der Waals surface area contributed by atoms with Gasteiger partial charge in [-0.3, -0.25) is 9.59 Å². The van der Waals surface area contributed by atoms with Gasteiger partial charge in [-0.05, 0) is 44.5 Å². The summed E-state index contributed by atoms with van der Waals surface area (Å²) in [6, 6.07) is 3.77. The summed E-state index contributed by atoms with van der Waals surface area (Å²) in [5.74, 6) is -0.736. The molecule has 8 nitrogen and oxygen atoms in total. The maximum absolute atomic E-state index is 12.9. The highest BCUT2D eigenvalue weighted by Gasteiger charge is 2.71. The van der Waals surface area contributed by atoms with Gasteiger partial charge in [-0.15, -0.1) is 0 Å². The Morgan fingerprint density at radius 1 is 1.35 bits per heavy atom. The molecule has 2 unspecified atom stereocenters. The number of hydrogen-bond acceptors (Lipinski definition) is 8. The number of ether oxygens (including phenoxy) is 2. The fourth-order valence-corrected chi connectivity index (χ4v) is 6.60. The van der Waals surface area contributed by atoms with Crippen LogP contribution >= 0.6 is 0 Å². The van der Waals surface area contributed by atoms with Gasteiger partial charge in [-0.1, -0.05) is 26.0 Å². The molecule has 0 amide bonds. The molecule has 1 aromatic carbocycles. The predicted octanol–water partition coefficient (Wildman–Crippen LogP) is 1.37. The van der Waals surface area contributed by atoms with Gasteiger partial charge in [-0.25, -0.2) is 0 Å². The van der Waals surface area contributed by atoms with E-state index in [1.807, 2.05) is 19.2 Å². The van der Waals surface area contributed by atoms with Crippen LogP contribution in [0.3, 0.4) is 0 Å². The minimum atomic E-state index is -1.10. The van der Waals surface area contributed by atoms with Crippen LogP contribution in [0.1, 0.15) is 56.2 Å². The standard InChI is InChI=1S/C26H33NO7/c1-4-17(29)18(30)11-14(2)24(31)33-19-7-8-26(32)20-12-15-5-6-16(13-28)22-21(15)25(26,23(19)34-22)9-10-27(20)3/h5-7,14,17,20,23,28-29,32H,4,8-13H2,1-3H3/t14-,17+,20-,23?,25?,26-/m1/s1. The molecule has 1 spiro atoms. The van der Waals surface area contributed by atoms with Crippen molar-refractivity contribution in [1.29, 1.82) is 0 Å². The van der Waals surface area contributed by atoms with Crippen LogP contribution < -0.4 is 4.74 Å². The summed E-state index contributed by atoms with van der Waals surface area (Å²) < 4.78 is 12.3. The third-order valence-corrected chi connectivity index (χ3v) is 8.51. The molecule has 0 radical (unpaired) electrons. The van der Waals surface area contributed by atoms with Crippen molar-refractivity contribution in [2.45, 2.75) is 81.8 Å². The van der Waals surface area contributed by atoms with E-state index in [1.165, 1.54) is 0 Å². The molecule has 0 aromatic heterocycles. The number of aliphatic hydroxyl groups excluding tert-OH is 2. The SMILES string of the molecule is CC[C@H](O)C(=O)C[C@@H](C)C(=O)OC1=CC[C@@]2(O)[C@H]3Cc4ccc(CO)c5c4C2(CCN3C)C1O5. The van der Waals surface area contributed by atoms with E-state index in [2.05, 4.69) is 4.90 Å². The van der Waals surface area contributed by atoms with E-state index in [4.69, 9.17) is 9.47 Å². The minimum absolute atomic E-state index is 0.104. The molecular formula is C26H33NO7. The Morgan fingerprint density at radius 3 is 2.82 bits per heavy atom.